The fraction of sp³-hybridized carbons (Fsp3) is 0.364. The number of nitrogens with zero attached hydrogens (tertiary/aromatic N) is 1. The summed E-state index contributed by atoms with van der Waals surface area (Å²) in [4.78, 5) is 54.0. The third-order valence-corrected chi connectivity index (χ3v) is 8.00. The molecule has 1 aromatic heterocycles. The molecule has 0 fully saturated rings. The van der Waals surface area contributed by atoms with Gasteiger partial charge in [-0.05, 0) is 48.1 Å². The van der Waals surface area contributed by atoms with Gasteiger partial charge in [-0.25, -0.2) is 18.2 Å². The fourth-order valence-corrected chi connectivity index (χ4v) is 5.23. The second-order valence-corrected chi connectivity index (χ2v) is 13.3. The molecule has 3 rings (SSSR count). The minimum Gasteiger partial charge on any atom is -0.386 e. The average Bonchev–Trinajstić information content (AvgIpc) is 3.04. The summed E-state index contributed by atoms with van der Waals surface area (Å²) in [7, 11) is -3.56. The van der Waals surface area contributed by atoms with Gasteiger partial charge in [0.2, 0.25) is 11.8 Å². The molecule has 15 heteroatoms. The Bertz CT molecular complexity index is 1620. The van der Waals surface area contributed by atoms with Crippen LogP contribution in [0.1, 0.15) is 50.1 Å². The summed E-state index contributed by atoms with van der Waals surface area (Å²) in [5.74, 6) is -5.38. The van der Waals surface area contributed by atoms with Crippen molar-refractivity contribution < 1.29 is 45.5 Å². The van der Waals surface area contributed by atoms with Crippen LogP contribution in [0.15, 0.2) is 79.0 Å². The van der Waals surface area contributed by atoms with Crippen LogP contribution in [0.25, 0.3) is 11.1 Å². The standard InChI is InChI=1S/C33H37F3N4O7S/c1-48(45,46)21-18-26(39-29(41)13-6-3-8-19-37-28-12-7-9-20-38-28)31(43)40-27(22-30(42)47-32(44)33(34,35)36)25-16-14-24(15-17-25)23-10-4-2-5-11-23/h2,4-5,7,9-12,14-17,20,26-27H,3,6,8,13,18-19,21-22H2,1H3,(H,37,38)(H,39,41)(H,40,43)/t26-,27?/m0/s1. The van der Waals surface area contributed by atoms with E-state index in [9.17, 15) is 40.8 Å². The van der Waals surface area contributed by atoms with Gasteiger partial charge in [-0.2, -0.15) is 13.2 Å². The monoisotopic (exact) mass is 690 g/mol. The zero-order valence-corrected chi connectivity index (χ0v) is 27.0. The van der Waals surface area contributed by atoms with Crippen molar-refractivity contribution in [2.45, 2.75) is 56.8 Å². The van der Waals surface area contributed by atoms with Gasteiger partial charge in [0, 0.05) is 25.4 Å². The number of nitrogens with one attached hydrogen (secondary N) is 3. The van der Waals surface area contributed by atoms with Crippen LogP contribution in [0.2, 0.25) is 0 Å². The number of ether oxygens (including phenoxy) is 1. The summed E-state index contributed by atoms with van der Waals surface area (Å²) < 4.78 is 65.9. The van der Waals surface area contributed by atoms with Gasteiger partial charge in [-0.3, -0.25) is 14.4 Å². The predicted molar refractivity (Wildman–Crippen MR) is 172 cm³/mol. The Hall–Kier alpha value is -4.79. The number of esters is 2. The maximum absolute atomic E-state index is 13.4. The number of hydrogen-bond donors (Lipinski definition) is 3. The number of aromatic nitrogens is 1. The van der Waals surface area contributed by atoms with Crippen molar-refractivity contribution in [3.05, 3.63) is 84.6 Å². The third-order valence-electron chi connectivity index (χ3n) is 7.03. The molecule has 0 aliphatic rings. The lowest BCUT2D eigenvalue weighted by molar-refractivity contribution is -0.202. The van der Waals surface area contributed by atoms with E-state index in [0.29, 0.717) is 19.4 Å². The van der Waals surface area contributed by atoms with Crippen LogP contribution in [-0.2, 0) is 33.8 Å². The van der Waals surface area contributed by atoms with Crippen LogP contribution in [-0.4, -0.2) is 67.9 Å². The van der Waals surface area contributed by atoms with Gasteiger partial charge in [0.25, 0.3) is 0 Å². The van der Waals surface area contributed by atoms with E-state index in [0.717, 1.165) is 29.6 Å². The highest BCUT2D eigenvalue weighted by molar-refractivity contribution is 7.90. The molecular formula is C33H37F3N4O7S. The number of pyridine rings is 1. The van der Waals surface area contributed by atoms with Crippen LogP contribution in [0.4, 0.5) is 19.0 Å². The lowest BCUT2D eigenvalue weighted by Crippen LogP contribution is -2.48. The Morgan fingerprint density at radius 1 is 0.854 bits per heavy atom. The number of carbonyl (C=O) groups excluding carboxylic acids is 4. The van der Waals surface area contributed by atoms with Crippen molar-refractivity contribution in [2.24, 2.45) is 0 Å². The second kappa shape index (κ2) is 17.9. The van der Waals surface area contributed by atoms with E-state index in [2.05, 4.69) is 25.7 Å². The molecule has 0 saturated carbocycles. The molecule has 0 aliphatic heterocycles. The maximum Gasteiger partial charge on any atom is 0.491 e. The minimum atomic E-state index is -5.41. The van der Waals surface area contributed by atoms with E-state index >= 15 is 0 Å². The number of anilines is 1. The van der Waals surface area contributed by atoms with Crippen molar-refractivity contribution in [1.82, 2.24) is 15.6 Å². The summed E-state index contributed by atoms with van der Waals surface area (Å²) in [5.41, 5.74) is 1.91. The van der Waals surface area contributed by atoms with E-state index in [1.165, 1.54) is 0 Å². The molecule has 2 atom stereocenters. The van der Waals surface area contributed by atoms with Gasteiger partial charge in [0.1, 0.15) is 21.7 Å². The summed E-state index contributed by atoms with van der Waals surface area (Å²) in [6.07, 6.45) is -2.03. The molecule has 2 aromatic carbocycles. The first kappa shape index (κ1) is 37.7. The first-order chi connectivity index (χ1) is 22.7. The highest BCUT2D eigenvalue weighted by Gasteiger charge is 2.42. The normalized spacial score (nSPS) is 12.8. The van der Waals surface area contributed by atoms with E-state index in [-0.39, 0.29) is 18.4 Å². The van der Waals surface area contributed by atoms with Crippen LogP contribution in [0, 0.1) is 0 Å². The number of hydrogen-bond acceptors (Lipinski definition) is 9. The highest BCUT2D eigenvalue weighted by atomic mass is 32.2. The van der Waals surface area contributed by atoms with E-state index in [4.69, 9.17) is 0 Å². The molecule has 0 spiro atoms. The largest absolute Gasteiger partial charge is 0.491 e. The Labute approximate surface area is 276 Å². The third kappa shape index (κ3) is 13.5. The minimum absolute atomic E-state index is 0.0441. The topological polar surface area (TPSA) is 161 Å². The number of sulfone groups is 1. The number of unbranched alkanes of at least 4 members (excludes halogenated alkanes) is 2. The Kier molecular flexibility index (Phi) is 14.1. The summed E-state index contributed by atoms with van der Waals surface area (Å²) >= 11 is 0. The SMILES string of the molecule is CS(=O)(=O)CC[C@H](NC(=O)CCCCCNc1ccccn1)C(=O)NC(CC(=O)OC(=O)C(F)(F)F)c1ccc(-c2ccccc2)cc1. The summed E-state index contributed by atoms with van der Waals surface area (Å²) in [6, 6.07) is 18.4. The van der Waals surface area contributed by atoms with Crippen LogP contribution in [0.3, 0.4) is 0 Å². The van der Waals surface area contributed by atoms with Gasteiger partial charge in [-0.15, -0.1) is 0 Å². The van der Waals surface area contributed by atoms with Crippen LogP contribution >= 0.6 is 0 Å². The van der Waals surface area contributed by atoms with Crippen molar-refractivity contribution >= 4 is 39.4 Å². The van der Waals surface area contributed by atoms with E-state index in [1.54, 1.807) is 36.5 Å². The summed E-state index contributed by atoms with van der Waals surface area (Å²) in [5, 5.41) is 8.22. The number of benzene rings is 2. The smallest absolute Gasteiger partial charge is 0.386 e. The van der Waals surface area contributed by atoms with Crippen LogP contribution in [0.5, 0.6) is 0 Å². The number of carbonyl (C=O) groups is 4. The number of halogens is 3. The summed E-state index contributed by atoms with van der Waals surface area (Å²) in [6.45, 7) is 0.628. The molecule has 48 heavy (non-hydrogen) atoms. The number of alkyl halides is 3. The number of rotatable bonds is 17. The molecule has 2 amide bonds. The molecule has 0 bridgehead atoms. The maximum atomic E-state index is 13.4. The Morgan fingerprint density at radius 3 is 2.15 bits per heavy atom. The zero-order chi connectivity index (χ0) is 35.2. The molecule has 1 unspecified atom stereocenters. The molecule has 1 heterocycles. The van der Waals surface area contributed by atoms with Crippen molar-refractivity contribution in [1.29, 1.82) is 0 Å². The Morgan fingerprint density at radius 2 is 1.52 bits per heavy atom. The van der Waals surface area contributed by atoms with Crippen molar-refractivity contribution in [3.8, 4) is 11.1 Å². The van der Waals surface area contributed by atoms with Gasteiger partial charge in [0.05, 0.1) is 18.2 Å². The molecule has 3 N–H and O–H groups in total. The van der Waals surface area contributed by atoms with Gasteiger partial charge in [0.15, 0.2) is 0 Å². The number of amides is 2. The first-order valence-corrected chi connectivity index (χ1v) is 17.2. The molecule has 0 aliphatic carbocycles. The van der Waals surface area contributed by atoms with Gasteiger partial charge in [-0.1, -0.05) is 67.1 Å². The van der Waals surface area contributed by atoms with Crippen molar-refractivity contribution in [2.75, 3.05) is 23.9 Å². The van der Waals surface area contributed by atoms with Crippen LogP contribution < -0.4 is 16.0 Å². The van der Waals surface area contributed by atoms with Gasteiger partial charge < -0.3 is 20.7 Å². The zero-order valence-electron chi connectivity index (χ0n) is 26.2. The van der Waals surface area contributed by atoms with Crippen molar-refractivity contribution in [3.63, 3.8) is 0 Å². The average molecular weight is 691 g/mol. The lowest BCUT2D eigenvalue weighted by atomic mass is 9.98. The molecule has 3 aromatic rings. The quantitative estimate of drug-likeness (QED) is 0.105. The van der Waals surface area contributed by atoms with E-state index < -0.39 is 64.0 Å². The fourth-order valence-electron chi connectivity index (χ4n) is 4.57. The molecule has 258 valence electrons. The molecule has 0 radical (unpaired) electrons. The lowest BCUT2D eigenvalue weighted by Gasteiger charge is -2.24. The molecule has 11 nitrogen and oxygen atoms in total. The molecular weight excluding hydrogens is 653 g/mol. The van der Waals surface area contributed by atoms with Gasteiger partial charge >= 0.3 is 18.1 Å². The first-order valence-electron chi connectivity index (χ1n) is 15.1. The predicted octanol–water partition coefficient (Wildman–Crippen LogP) is 4.52. The Balaban J connectivity index is 1.69. The van der Waals surface area contributed by atoms with E-state index in [1.807, 2.05) is 42.5 Å². The highest BCUT2D eigenvalue weighted by Crippen LogP contribution is 2.25. The second-order valence-electron chi connectivity index (χ2n) is 11.0. The molecule has 0 saturated heterocycles.